The zero-order chi connectivity index (χ0) is 15.0. The number of benzene rings is 2. The summed E-state index contributed by atoms with van der Waals surface area (Å²) in [5, 5.41) is 0. The third-order valence-corrected chi connectivity index (χ3v) is 6.09. The van der Waals surface area contributed by atoms with Gasteiger partial charge in [0.15, 0.2) is 0 Å². The van der Waals surface area contributed by atoms with E-state index in [0.29, 0.717) is 0 Å². The maximum Gasteiger partial charge on any atom is 0.239 e. The van der Waals surface area contributed by atoms with Gasteiger partial charge in [0.05, 0.1) is 11.4 Å². The summed E-state index contributed by atoms with van der Waals surface area (Å²) in [4.78, 5) is 0. The summed E-state index contributed by atoms with van der Waals surface area (Å²) < 4.78 is 28.1. The van der Waals surface area contributed by atoms with Gasteiger partial charge in [-0.25, -0.2) is 8.42 Å². The van der Waals surface area contributed by atoms with E-state index in [9.17, 15) is 8.42 Å². The van der Waals surface area contributed by atoms with E-state index < -0.39 is 10.0 Å². The lowest BCUT2D eigenvalue weighted by atomic mass is 10.1. The molecule has 0 N–H and O–H groups in total. The molecule has 1 heterocycles. The number of rotatable bonds is 3. The van der Waals surface area contributed by atoms with Gasteiger partial charge in [-0.05, 0) is 42.7 Å². The Balaban J connectivity index is 1.93. The first kappa shape index (κ1) is 14.6. The predicted octanol–water partition coefficient (Wildman–Crippen LogP) is 3.73. The van der Waals surface area contributed by atoms with E-state index >= 15 is 0 Å². The lowest BCUT2D eigenvalue weighted by Crippen LogP contribution is -2.36. The van der Waals surface area contributed by atoms with E-state index in [1.165, 1.54) is 0 Å². The molecule has 0 radical (unpaired) electrons. The standard InChI is InChI=1S/C16H16BrNO2S/c1-12-10-14-4-2-3-5-16(14)18(12)21(19,20)11-13-6-8-15(17)9-7-13/h2-9,12H,10-11H2,1H3. The van der Waals surface area contributed by atoms with Crippen LogP contribution in [0, 0.1) is 0 Å². The van der Waals surface area contributed by atoms with Crippen LogP contribution >= 0.6 is 15.9 Å². The quantitative estimate of drug-likeness (QED) is 0.830. The third kappa shape index (κ3) is 2.85. The first-order valence-electron chi connectivity index (χ1n) is 6.82. The molecule has 0 bridgehead atoms. The first-order valence-corrected chi connectivity index (χ1v) is 9.22. The summed E-state index contributed by atoms with van der Waals surface area (Å²) in [7, 11) is -3.37. The molecule has 110 valence electrons. The Morgan fingerprint density at radius 1 is 1.14 bits per heavy atom. The highest BCUT2D eigenvalue weighted by Gasteiger charge is 2.34. The molecule has 0 amide bonds. The maximum absolute atomic E-state index is 12.8. The molecular formula is C16H16BrNO2S. The molecule has 1 atom stereocenters. The molecule has 0 aliphatic carbocycles. The molecule has 5 heteroatoms. The van der Waals surface area contributed by atoms with Crippen LogP contribution in [0.4, 0.5) is 5.69 Å². The van der Waals surface area contributed by atoms with Crippen LogP contribution in [0.2, 0.25) is 0 Å². The van der Waals surface area contributed by atoms with Crippen molar-refractivity contribution in [1.29, 1.82) is 0 Å². The number of nitrogens with zero attached hydrogens (tertiary/aromatic N) is 1. The second kappa shape index (κ2) is 5.46. The largest absolute Gasteiger partial charge is 0.267 e. The number of halogens is 1. The molecule has 1 unspecified atom stereocenters. The number of anilines is 1. The van der Waals surface area contributed by atoms with Crippen LogP contribution in [0.25, 0.3) is 0 Å². The Bertz CT molecular complexity index is 756. The van der Waals surface area contributed by atoms with Gasteiger partial charge in [-0.1, -0.05) is 46.3 Å². The lowest BCUT2D eigenvalue weighted by molar-refractivity contribution is 0.583. The Hall–Kier alpha value is -1.33. The second-order valence-electron chi connectivity index (χ2n) is 5.36. The Morgan fingerprint density at radius 3 is 2.52 bits per heavy atom. The molecule has 2 aromatic carbocycles. The van der Waals surface area contributed by atoms with Crippen molar-refractivity contribution in [2.75, 3.05) is 4.31 Å². The zero-order valence-electron chi connectivity index (χ0n) is 11.7. The monoisotopic (exact) mass is 365 g/mol. The summed E-state index contributed by atoms with van der Waals surface area (Å²) in [6.45, 7) is 1.96. The third-order valence-electron chi connectivity index (χ3n) is 3.71. The molecular weight excluding hydrogens is 350 g/mol. The number of hydrogen-bond acceptors (Lipinski definition) is 2. The highest BCUT2D eigenvalue weighted by atomic mass is 79.9. The minimum absolute atomic E-state index is 0.0251. The summed E-state index contributed by atoms with van der Waals surface area (Å²) in [5.41, 5.74) is 2.72. The van der Waals surface area contributed by atoms with Crippen molar-refractivity contribution in [2.24, 2.45) is 0 Å². The predicted molar refractivity (Wildman–Crippen MR) is 88.9 cm³/mol. The van der Waals surface area contributed by atoms with Crippen molar-refractivity contribution in [1.82, 2.24) is 0 Å². The van der Waals surface area contributed by atoms with Gasteiger partial charge in [0.1, 0.15) is 0 Å². The van der Waals surface area contributed by atoms with Gasteiger partial charge in [0, 0.05) is 10.5 Å². The summed E-state index contributed by atoms with van der Waals surface area (Å²) >= 11 is 3.36. The van der Waals surface area contributed by atoms with Crippen molar-refractivity contribution < 1.29 is 8.42 Å². The van der Waals surface area contributed by atoms with E-state index in [1.54, 1.807) is 4.31 Å². The molecule has 1 aliphatic heterocycles. The Kier molecular flexibility index (Phi) is 3.80. The molecule has 2 aromatic rings. The average Bonchev–Trinajstić information content (AvgIpc) is 2.77. The average molecular weight is 366 g/mol. The SMILES string of the molecule is CC1Cc2ccccc2N1S(=O)(=O)Cc1ccc(Br)cc1. The molecule has 0 spiro atoms. The first-order chi connectivity index (χ1) is 9.97. The Morgan fingerprint density at radius 2 is 1.81 bits per heavy atom. The summed E-state index contributed by atoms with van der Waals surface area (Å²) in [5.74, 6) is 0.0267. The van der Waals surface area contributed by atoms with Gasteiger partial charge >= 0.3 is 0 Å². The zero-order valence-corrected chi connectivity index (χ0v) is 14.1. The topological polar surface area (TPSA) is 37.4 Å². The van der Waals surface area contributed by atoms with E-state index in [1.807, 2.05) is 55.5 Å². The molecule has 0 fully saturated rings. The van der Waals surface area contributed by atoms with Crippen LogP contribution in [0.15, 0.2) is 53.0 Å². The van der Waals surface area contributed by atoms with Crippen LogP contribution in [0.3, 0.4) is 0 Å². The van der Waals surface area contributed by atoms with Crippen LogP contribution in [0.5, 0.6) is 0 Å². The summed E-state index contributed by atoms with van der Waals surface area (Å²) in [6, 6.07) is 15.1. The van der Waals surface area contributed by atoms with Gasteiger partial charge in [-0.2, -0.15) is 0 Å². The minimum Gasteiger partial charge on any atom is -0.267 e. The lowest BCUT2D eigenvalue weighted by Gasteiger charge is -2.24. The van der Waals surface area contributed by atoms with E-state index in [2.05, 4.69) is 15.9 Å². The van der Waals surface area contributed by atoms with Crippen molar-refractivity contribution in [3.05, 3.63) is 64.1 Å². The molecule has 0 aromatic heterocycles. The second-order valence-corrected chi connectivity index (χ2v) is 8.12. The van der Waals surface area contributed by atoms with Gasteiger partial charge in [-0.3, -0.25) is 4.31 Å². The molecule has 21 heavy (non-hydrogen) atoms. The van der Waals surface area contributed by atoms with Crippen molar-refractivity contribution >= 4 is 31.6 Å². The Labute approximate surface area is 133 Å². The number of sulfonamides is 1. The van der Waals surface area contributed by atoms with Crippen LogP contribution < -0.4 is 4.31 Å². The van der Waals surface area contributed by atoms with Gasteiger partial charge in [0.25, 0.3) is 0 Å². The maximum atomic E-state index is 12.8. The molecule has 3 rings (SSSR count). The van der Waals surface area contributed by atoms with E-state index in [-0.39, 0.29) is 11.8 Å². The van der Waals surface area contributed by atoms with Crippen molar-refractivity contribution in [3.63, 3.8) is 0 Å². The van der Waals surface area contributed by atoms with Gasteiger partial charge < -0.3 is 0 Å². The highest BCUT2D eigenvalue weighted by molar-refractivity contribution is 9.10. The van der Waals surface area contributed by atoms with Crippen molar-refractivity contribution in [2.45, 2.75) is 25.1 Å². The number of fused-ring (bicyclic) bond motifs is 1. The highest BCUT2D eigenvalue weighted by Crippen LogP contribution is 2.35. The fraction of sp³-hybridized carbons (Fsp3) is 0.250. The normalized spacial score (nSPS) is 17.8. The van der Waals surface area contributed by atoms with Crippen LogP contribution in [-0.4, -0.2) is 14.5 Å². The van der Waals surface area contributed by atoms with Gasteiger partial charge in [0.2, 0.25) is 10.0 Å². The molecule has 0 saturated carbocycles. The van der Waals surface area contributed by atoms with Crippen LogP contribution in [0.1, 0.15) is 18.1 Å². The minimum atomic E-state index is -3.37. The molecule has 0 saturated heterocycles. The number of hydrogen-bond donors (Lipinski definition) is 0. The van der Waals surface area contributed by atoms with Crippen molar-refractivity contribution in [3.8, 4) is 0 Å². The van der Waals surface area contributed by atoms with Crippen LogP contribution in [-0.2, 0) is 22.2 Å². The number of para-hydroxylation sites is 1. The fourth-order valence-electron chi connectivity index (χ4n) is 2.82. The molecule has 3 nitrogen and oxygen atoms in total. The summed E-state index contributed by atoms with van der Waals surface area (Å²) in [6.07, 6.45) is 0.774. The smallest absolute Gasteiger partial charge is 0.239 e. The molecule has 1 aliphatic rings. The fourth-order valence-corrected chi connectivity index (χ4v) is 4.94. The van der Waals surface area contributed by atoms with Gasteiger partial charge in [-0.15, -0.1) is 0 Å². The van der Waals surface area contributed by atoms with E-state index in [4.69, 9.17) is 0 Å². The van der Waals surface area contributed by atoms with E-state index in [0.717, 1.165) is 27.7 Å².